The van der Waals surface area contributed by atoms with Crippen molar-refractivity contribution in [2.45, 2.75) is 26.7 Å². The molecule has 0 aromatic carbocycles. The van der Waals surface area contributed by atoms with Crippen LogP contribution >= 0.6 is 15.9 Å². The zero-order valence-electron chi connectivity index (χ0n) is 9.88. The second-order valence-corrected chi connectivity index (χ2v) is 5.08. The third-order valence-corrected chi connectivity index (χ3v) is 3.34. The van der Waals surface area contributed by atoms with Crippen molar-refractivity contribution in [3.63, 3.8) is 0 Å². The molecule has 4 amide bonds. The summed E-state index contributed by atoms with van der Waals surface area (Å²) in [5.74, 6) is -0.953. The molecule has 1 rings (SSSR count). The third kappa shape index (κ3) is 2.26. The van der Waals surface area contributed by atoms with Crippen LogP contribution in [0.1, 0.15) is 26.7 Å². The van der Waals surface area contributed by atoms with Gasteiger partial charge < -0.3 is 0 Å². The summed E-state index contributed by atoms with van der Waals surface area (Å²) in [5.41, 5.74) is -1.13. The van der Waals surface area contributed by atoms with Crippen LogP contribution in [0.4, 0.5) is 4.79 Å². The monoisotopic (exact) mass is 302 g/mol. The van der Waals surface area contributed by atoms with Crippen LogP contribution in [0.2, 0.25) is 0 Å². The van der Waals surface area contributed by atoms with Crippen LogP contribution in [-0.4, -0.2) is 29.3 Å². The van der Waals surface area contributed by atoms with Crippen molar-refractivity contribution in [2.24, 2.45) is 5.41 Å². The fourth-order valence-electron chi connectivity index (χ4n) is 1.92. The first-order valence-electron chi connectivity index (χ1n) is 5.39. The highest BCUT2D eigenvalue weighted by Crippen LogP contribution is 2.32. The minimum absolute atomic E-state index is 0.0691. The van der Waals surface area contributed by atoms with Gasteiger partial charge in [0.25, 0.3) is 0 Å². The van der Waals surface area contributed by atoms with Crippen molar-refractivity contribution in [3.8, 4) is 0 Å². The predicted octanol–water partition coefficient (Wildman–Crippen LogP) is 1.78. The van der Waals surface area contributed by atoms with E-state index >= 15 is 0 Å². The SMILES string of the molecule is C=C(Br)CN1C(=O)NC(=O)C(CC)(CC)C1=O. The zero-order valence-corrected chi connectivity index (χ0v) is 11.5. The molecule has 0 saturated carbocycles. The fourth-order valence-corrected chi connectivity index (χ4v) is 2.17. The average Bonchev–Trinajstić information content (AvgIpc) is 2.26. The lowest BCUT2D eigenvalue weighted by Gasteiger charge is -2.38. The molecule has 6 heteroatoms. The highest BCUT2D eigenvalue weighted by molar-refractivity contribution is 9.11. The lowest BCUT2D eigenvalue weighted by atomic mass is 9.78. The Balaban J connectivity index is 3.11. The minimum Gasteiger partial charge on any atom is -0.277 e. The van der Waals surface area contributed by atoms with Gasteiger partial charge in [0.05, 0.1) is 6.54 Å². The predicted molar refractivity (Wildman–Crippen MR) is 66.3 cm³/mol. The first kappa shape index (κ1) is 13.9. The number of hydrogen-bond acceptors (Lipinski definition) is 3. The fraction of sp³-hybridized carbons (Fsp3) is 0.545. The van der Waals surface area contributed by atoms with E-state index in [2.05, 4.69) is 27.8 Å². The highest BCUT2D eigenvalue weighted by atomic mass is 79.9. The molecule has 0 aliphatic carbocycles. The Morgan fingerprint density at radius 2 is 1.88 bits per heavy atom. The number of halogens is 1. The molecule has 0 spiro atoms. The Labute approximate surface area is 108 Å². The summed E-state index contributed by atoms with van der Waals surface area (Å²) in [6.45, 7) is 7.19. The molecule has 1 fully saturated rings. The molecule has 1 heterocycles. The number of amides is 4. The van der Waals surface area contributed by atoms with Gasteiger partial charge in [-0.1, -0.05) is 36.4 Å². The normalized spacial score (nSPS) is 19.2. The number of hydrogen-bond donors (Lipinski definition) is 1. The lowest BCUT2D eigenvalue weighted by Crippen LogP contribution is -2.63. The van der Waals surface area contributed by atoms with Crippen LogP contribution in [0.3, 0.4) is 0 Å². The van der Waals surface area contributed by atoms with Gasteiger partial charge in [0.2, 0.25) is 11.8 Å². The molecule has 0 atom stereocenters. The van der Waals surface area contributed by atoms with E-state index < -0.39 is 23.3 Å². The number of urea groups is 1. The summed E-state index contributed by atoms with van der Waals surface area (Å²) in [5, 5.41) is 2.22. The number of nitrogens with zero attached hydrogens (tertiary/aromatic N) is 1. The van der Waals surface area contributed by atoms with Gasteiger partial charge in [0.15, 0.2) is 0 Å². The molecule has 17 heavy (non-hydrogen) atoms. The number of carbonyl (C=O) groups excluding carboxylic acids is 3. The standard InChI is InChI=1S/C11H15BrN2O3/c1-4-11(5-2)8(15)13-10(17)14(9(11)16)6-7(3)12/h3-6H2,1-2H3,(H,13,15,17). The summed E-state index contributed by atoms with van der Waals surface area (Å²) < 4.78 is 0.511. The number of rotatable bonds is 4. The van der Waals surface area contributed by atoms with Crippen molar-refractivity contribution >= 4 is 33.8 Å². The summed E-state index contributed by atoms with van der Waals surface area (Å²) >= 11 is 3.11. The lowest BCUT2D eigenvalue weighted by molar-refractivity contribution is -0.151. The maximum Gasteiger partial charge on any atom is 0.331 e. The molecule has 0 aromatic heterocycles. The van der Waals surface area contributed by atoms with E-state index in [0.29, 0.717) is 17.3 Å². The maximum absolute atomic E-state index is 12.2. The molecule has 0 unspecified atom stereocenters. The summed E-state index contributed by atoms with van der Waals surface area (Å²) in [4.78, 5) is 36.7. The van der Waals surface area contributed by atoms with Crippen molar-refractivity contribution < 1.29 is 14.4 Å². The Hall–Kier alpha value is -1.17. The first-order chi connectivity index (χ1) is 7.89. The van der Waals surface area contributed by atoms with Gasteiger partial charge in [0, 0.05) is 4.48 Å². The minimum atomic E-state index is -1.13. The second kappa shape index (κ2) is 5.00. The Bertz CT molecular complexity index is 388. The van der Waals surface area contributed by atoms with E-state index in [9.17, 15) is 14.4 Å². The van der Waals surface area contributed by atoms with Crippen LogP contribution in [0.15, 0.2) is 11.1 Å². The second-order valence-electron chi connectivity index (χ2n) is 3.96. The summed E-state index contributed by atoms with van der Waals surface area (Å²) in [6.07, 6.45) is 0.736. The van der Waals surface area contributed by atoms with Crippen molar-refractivity contribution in [2.75, 3.05) is 6.54 Å². The average molecular weight is 303 g/mol. The molecule has 94 valence electrons. The molecule has 0 bridgehead atoms. The molecule has 1 saturated heterocycles. The Kier molecular flexibility index (Phi) is 4.08. The molecule has 0 radical (unpaired) electrons. The largest absolute Gasteiger partial charge is 0.331 e. The van der Waals surface area contributed by atoms with E-state index in [4.69, 9.17) is 0 Å². The molecular formula is C11H15BrN2O3. The van der Waals surface area contributed by atoms with E-state index in [-0.39, 0.29) is 6.54 Å². The van der Waals surface area contributed by atoms with Crippen LogP contribution in [0.5, 0.6) is 0 Å². The van der Waals surface area contributed by atoms with Crippen LogP contribution in [0.25, 0.3) is 0 Å². The maximum atomic E-state index is 12.2. The van der Waals surface area contributed by atoms with Gasteiger partial charge in [-0.05, 0) is 12.8 Å². The van der Waals surface area contributed by atoms with E-state index in [1.54, 1.807) is 13.8 Å². The molecule has 1 N–H and O–H groups in total. The van der Waals surface area contributed by atoms with Crippen molar-refractivity contribution in [3.05, 3.63) is 11.1 Å². The first-order valence-corrected chi connectivity index (χ1v) is 6.19. The van der Waals surface area contributed by atoms with E-state index in [1.807, 2.05) is 0 Å². The van der Waals surface area contributed by atoms with Gasteiger partial charge in [0.1, 0.15) is 5.41 Å². The van der Waals surface area contributed by atoms with Gasteiger partial charge >= 0.3 is 6.03 Å². The summed E-state index contributed by atoms with van der Waals surface area (Å²) in [7, 11) is 0. The van der Waals surface area contributed by atoms with Gasteiger partial charge in [-0.25, -0.2) is 4.79 Å². The molecule has 0 aromatic rings. The van der Waals surface area contributed by atoms with E-state index in [0.717, 1.165) is 4.90 Å². The van der Waals surface area contributed by atoms with Crippen molar-refractivity contribution in [1.82, 2.24) is 10.2 Å². The van der Waals surface area contributed by atoms with Crippen molar-refractivity contribution in [1.29, 1.82) is 0 Å². The highest BCUT2D eigenvalue weighted by Gasteiger charge is 2.51. The quantitative estimate of drug-likeness (QED) is 0.805. The topological polar surface area (TPSA) is 66.5 Å². The zero-order chi connectivity index (χ0) is 13.2. The Morgan fingerprint density at radius 3 is 2.29 bits per heavy atom. The third-order valence-electron chi connectivity index (χ3n) is 3.09. The van der Waals surface area contributed by atoms with Gasteiger partial charge in [-0.2, -0.15) is 0 Å². The molecule has 5 nitrogen and oxygen atoms in total. The number of imide groups is 2. The summed E-state index contributed by atoms with van der Waals surface area (Å²) in [6, 6.07) is -0.682. The Morgan fingerprint density at radius 1 is 1.35 bits per heavy atom. The van der Waals surface area contributed by atoms with Gasteiger partial charge in [-0.3, -0.25) is 19.8 Å². The number of carbonyl (C=O) groups is 3. The molecular weight excluding hydrogens is 288 g/mol. The smallest absolute Gasteiger partial charge is 0.277 e. The van der Waals surface area contributed by atoms with Crippen LogP contribution in [0, 0.1) is 5.41 Å². The van der Waals surface area contributed by atoms with E-state index in [1.165, 1.54) is 0 Å². The number of barbiturate groups is 1. The van der Waals surface area contributed by atoms with Crippen LogP contribution < -0.4 is 5.32 Å². The molecule has 1 aliphatic rings. The van der Waals surface area contributed by atoms with Gasteiger partial charge in [-0.15, -0.1) is 0 Å². The molecule has 1 aliphatic heterocycles. The number of nitrogens with one attached hydrogen (secondary N) is 1. The van der Waals surface area contributed by atoms with Crippen LogP contribution in [-0.2, 0) is 9.59 Å².